The number of non-ortho nitro benzene ring substituents is 1. The summed E-state index contributed by atoms with van der Waals surface area (Å²) < 4.78 is 0. The Kier molecular flexibility index (Phi) is 4.11. The van der Waals surface area contributed by atoms with Gasteiger partial charge in [0.25, 0.3) is 5.69 Å². The lowest BCUT2D eigenvalue weighted by Gasteiger charge is -2.18. The zero-order valence-electron chi connectivity index (χ0n) is 13.0. The average Bonchev–Trinajstić information content (AvgIpc) is 3.05. The van der Waals surface area contributed by atoms with Crippen LogP contribution in [0.4, 0.5) is 11.5 Å². The fourth-order valence-electron chi connectivity index (χ4n) is 2.75. The number of carboxylic acid groups (broad SMARTS) is 1. The predicted octanol–water partition coefficient (Wildman–Crippen LogP) is 2.27. The Balaban J connectivity index is 1.89. The molecule has 124 valence electrons. The number of nitro benzene ring substituents is 1. The van der Waals surface area contributed by atoms with Gasteiger partial charge < -0.3 is 10.0 Å². The lowest BCUT2D eigenvalue weighted by molar-refractivity contribution is -0.384. The highest BCUT2D eigenvalue weighted by molar-refractivity contribution is 5.72. The van der Waals surface area contributed by atoms with E-state index in [-0.39, 0.29) is 11.6 Å². The summed E-state index contributed by atoms with van der Waals surface area (Å²) in [6.45, 7) is 2.89. The number of aryl methyl sites for hydroxylation is 1. The molecule has 0 bridgehead atoms. The summed E-state index contributed by atoms with van der Waals surface area (Å²) in [4.78, 5) is 32.2. The molecule has 1 aliphatic rings. The van der Waals surface area contributed by atoms with Crippen molar-refractivity contribution in [2.45, 2.75) is 13.3 Å². The lowest BCUT2D eigenvalue weighted by atomic mass is 10.1. The van der Waals surface area contributed by atoms with Crippen LogP contribution < -0.4 is 4.90 Å². The van der Waals surface area contributed by atoms with Crippen LogP contribution in [-0.4, -0.2) is 39.1 Å². The Labute approximate surface area is 137 Å². The maximum absolute atomic E-state index is 11.1. The van der Waals surface area contributed by atoms with E-state index in [1.54, 1.807) is 12.1 Å². The summed E-state index contributed by atoms with van der Waals surface area (Å²) in [6, 6.07) is 7.87. The molecule has 0 spiro atoms. The quantitative estimate of drug-likeness (QED) is 0.677. The Morgan fingerprint density at radius 2 is 2.04 bits per heavy atom. The second-order valence-electron chi connectivity index (χ2n) is 5.76. The van der Waals surface area contributed by atoms with Crippen molar-refractivity contribution in [2.24, 2.45) is 5.92 Å². The van der Waals surface area contributed by atoms with Crippen LogP contribution in [0.5, 0.6) is 0 Å². The van der Waals surface area contributed by atoms with Crippen molar-refractivity contribution in [1.82, 2.24) is 9.97 Å². The van der Waals surface area contributed by atoms with E-state index >= 15 is 0 Å². The molecular weight excluding hydrogens is 312 g/mol. The molecule has 2 aromatic rings. The van der Waals surface area contributed by atoms with Crippen LogP contribution in [0.2, 0.25) is 0 Å². The van der Waals surface area contributed by atoms with E-state index in [1.165, 1.54) is 12.1 Å². The minimum atomic E-state index is -0.793. The van der Waals surface area contributed by atoms with E-state index in [1.807, 2.05) is 17.9 Å². The van der Waals surface area contributed by atoms with Gasteiger partial charge in [-0.2, -0.15) is 0 Å². The summed E-state index contributed by atoms with van der Waals surface area (Å²) in [5, 5.41) is 19.9. The largest absolute Gasteiger partial charge is 0.481 e. The van der Waals surface area contributed by atoms with Crippen molar-refractivity contribution in [2.75, 3.05) is 18.0 Å². The van der Waals surface area contributed by atoms with Crippen LogP contribution in [0, 0.1) is 23.0 Å². The van der Waals surface area contributed by atoms with Crippen molar-refractivity contribution in [3.8, 4) is 11.4 Å². The molecular formula is C16H16N4O4. The minimum Gasteiger partial charge on any atom is -0.481 e. The van der Waals surface area contributed by atoms with Crippen LogP contribution in [0.1, 0.15) is 12.1 Å². The van der Waals surface area contributed by atoms with Crippen LogP contribution in [0.15, 0.2) is 30.3 Å². The second kappa shape index (κ2) is 6.23. The minimum absolute atomic E-state index is 0.00969. The Morgan fingerprint density at radius 3 is 2.62 bits per heavy atom. The smallest absolute Gasteiger partial charge is 0.308 e. The third-order valence-electron chi connectivity index (χ3n) is 4.04. The number of nitrogens with zero attached hydrogens (tertiary/aromatic N) is 4. The van der Waals surface area contributed by atoms with E-state index in [4.69, 9.17) is 5.11 Å². The zero-order chi connectivity index (χ0) is 17.3. The molecule has 1 saturated heterocycles. The number of anilines is 1. The fraction of sp³-hybridized carbons (Fsp3) is 0.312. The van der Waals surface area contributed by atoms with E-state index in [0.29, 0.717) is 36.7 Å². The van der Waals surface area contributed by atoms with Gasteiger partial charge in [0.1, 0.15) is 5.82 Å². The normalized spacial score (nSPS) is 17.0. The van der Waals surface area contributed by atoms with Crippen molar-refractivity contribution in [3.63, 3.8) is 0 Å². The Bertz CT molecular complexity index is 791. The van der Waals surface area contributed by atoms with E-state index < -0.39 is 10.9 Å². The highest BCUT2D eigenvalue weighted by Crippen LogP contribution is 2.26. The van der Waals surface area contributed by atoms with Crippen LogP contribution in [-0.2, 0) is 4.79 Å². The molecule has 1 aliphatic heterocycles. The number of aromatic nitrogens is 2. The summed E-state index contributed by atoms with van der Waals surface area (Å²) >= 11 is 0. The highest BCUT2D eigenvalue weighted by atomic mass is 16.6. The van der Waals surface area contributed by atoms with E-state index in [2.05, 4.69) is 9.97 Å². The van der Waals surface area contributed by atoms with Gasteiger partial charge in [-0.25, -0.2) is 9.97 Å². The van der Waals surface area contributed by atoms with Crippen molar-refractivity contribution < 1.29 is 14.8 Å². The van der Waals surface area contributed by atoms with E-state index in [9.17, 15) is 14.9 Å². The van der Waals surface area contributed by atoms with Crippen molar-refractivity contribution in [3.05, 3.63) is 46.1 Å². The first-order valence-electron chi connectivity index (χ1n) is 7.52. The van der Waals surface area contributed by atoms with Gasteiger partial charge in [-0.3, -0.25) is 14.9 Å². The zero-order valence-corrected chi connectivity index (χ0v) is 13.0. The molecule has 0 saturated carbocycles. The molecule has 1 unspecified atom stereocenters. The first-order valence-corrected chi connectivity index (χ1v) is 7.52. The molecule has 1 atom stereocenters. The van der Waals surface area contributed by atoms with Gasteiger partial charge in [0.15, 0.2) is 5.82 Å². The van der Waals surface area contributed by atoms with E-state index in [0.717, 1.165) is 5.69 Å². The molecule has 1 aromatic carbocycles. The maximum atomic E-state index is 11.1. The van der Waals surface area contributed by atoms with Gasteiger partial charge in [-0.05, 0) is 25.5 Å². The number of nitro groups is 1. The average molecular weight is 328 g/mol. The summed E-state index contributed by atoms with van der Waals surface area (Å²) in [7, 11) is 0. The van der Waals surface area contributed by atoms with Crippen molar-refractivity contribution >= 4 is 17.5 Å². The fourth-order valence-corrected chi connectivity index (χ4v) is 2.75. The first-order chi connectivity index (χ1) is 11.4. The van der Waals surface area contributed by atoms with Gasteiger partial charge in [0, 0.05) is 42.5 Å². The first kappa shape index (κ1) is 15.9. The molecule has 8 heteroatoms. The predicted molar refractivity (Wildman–Crippen MR) is 86.8 cm³/mol. The third kappa shape index (κ3) is 3.17. The maximum Gasteiger partial charge on any atom is 0.308 e. The third-order valence-corrected chi connectivity index (χ3v) is 4.04. The molecule has 2 heterocycles. The molecule has 0 radical (unpaired) electrons. The molecule has 1 N–H and O–H groups in total. The Hall–Kier alpha value is -3.03. The second-order valence-corrected chi connectivity index (χ2v) is 5.76. The summed E-state index contributed by atoms with van der Waals surface area (Å²) in [5.74, 6) is -0.0276. The Morgan fingerprint density at radius 1 is 1.33 bits per heavy atom. The van der Waals surface area contributed by atoms with Gasteiger partial charge in [0.2, 0.25) is 0 Å². The number of carboxylic acids is 1. The van der Waals surface area contributed by atoms with Crippen LogP contribution in [0.25, 0.3) is 11.4 Å². The summed E-state index contributed by atoms with van der Waals surface area (Å²) in [5.41, 5.74) is 1.45. The highest BCUT2D eigenvalue weighted by Gasteiger charge is 2.29. The van der Waals surface area contributed by atoms with Gasteiger partial charge in [0.05, 0.1) is 10.8 Å². The number of aliphatic carboxylic acids is 1. The number of carbonyl (C=O) groups is 1. The molecule has 24 heavy (non-hydrogen) atoms. The number of benzene rings is 1. The molecule has 0 aliphatic carbocycles. The molecule has 8 nitrogen and oxygen atoms in total. The van der Waals surface area contributed by atoms with Crippen molar-refractivity contribution in [1.29, 1.82) is 0 Å². The standard InChI is InChI=1S/C16H16N4O4/c1-10-8-14(19-7-6-12(9-19)16(21)22)18-15(17-10)11-2-4-13(5-3-11)20(23)24/h2-5,8,12H,6-7,9H2,1H3,(H,21,22). The van der Waals surface area contributed by atoms with Gasteiger partial charge in [-0.1, -0.05) is 0 Å². The SMILES string of the molecule is Cc1cc(N2CCC(C(=O)O)C2)nc(-c2ccc([N+](=O)[O-])cc2)n1. The molecule has 1 fully saturated rings. The molecule has 0 amide bonds. The summed E-state index contributed by atoms with van der Waals surface area (Å²) in [6.07, 6.45) is 0.589. The molecule has 1 aromatic heterocycles. The monoisotopic (exact) mass is 328 g/mol. The van der Waals surface area contributed by atoms with Gasteiger partial charge >= 0.3 is 5.97 Å². The lowest BCUT2D eigenvalue weighted by Crippen LogP contribution is -2.23. The topological polar surface area (TPSA) is 109 Å². The van der Waals surface area contributed by atoms with Gasteiger partial charge in [-0.15, -0.1) is 0 Å². The van der Waals surface area contributed by atoms with Crippen LogP contribution in [0.3, 0.4) is 0 Å². The van der Waals surface area contributed by atoms with Crippen LogP contribution >= 0.6 is 0 Å². The number of rotatable bonds is 4. The molecule has 3 rings (SSSR count). The number of hydrogen-bond acceptors (Lipinski definition) is 6. The number of hydrogen-bond donors (Lipinski definition) is 1.